The zero-order valence-corrected chi connectivity index (χ0v) is 11.1. The van der Waals surface area contributed by atoms with Gasteiger partial charge in [0.1, 0.15) is 5.52 Å². The molecule has 1 atom stereocenters. The van der Waals surface area contributed by atoms with Crippen LogP contribution >= 0.6 is 0 Å². The van der Waals surface area contributed by atoms with E-state index in [1.807, 2.05) is 6.07 Å². The highest BCUT2D eigenvalue weighted by atomic mass is 16.3. The fraction of sp³-hybridized carbons (Fsp3) is 0.533. The molecule has 1 unspecified atom stereocenters. The second kappa shape index (κ2) is 4.63. The lowest BCUT2D eigenvalue weighted by Gasteiger charge is -2.13. The number of hydrogen-bond donors (Lipinski definition) is 1. The molecule has 3 nitrogen and oxygen atoms in total. The van der Waals surface area contributed by atoms with Crippen molar-refractivity contribution >= 4 is 16.8 Å². The van der Waals surface area contributed by atoms with Crippen LogP contribution in [0.1, 0.15) is 51.3 Å². The summed E-state index contributed by atoms with van der Waals surface area (Å²) in [7, 11) is 0. The average Bonchev–Trinajstić information content (AvgIpc) is 3.10. The molecule has 3 rings (SSSR count). The number of hydrogen-bond acceptors (Lipinski definition) is 3. The smallest absolute Gasteiger partial charge is 0.198 e. The van der Waals surface area contributed by atoms with Gasteiger partial charge < -0.3 is 9.73 Å². The van der Waals surface area contributed by atoms with Gasteiger partial charge in [-0.2, -0.15) is 0 Å². The van der Waals surface area contributed by atoms with E-state index in [4.69, 9.17) is 4.42 Å². The first-order valence-corrected chi connectivity index (χ1v) is 6.93. The van der Waals surface area contributed by atoms with Crippen LogP contribution in [0.5, 0.6) is 0 Å². The highest BCUT2D eigenvalue weighted by molar-refractivity contribution is 5.77. The molecule has 96 valence electrons. The van der Waals surface area contributed by atoms with Gasteiger partial charge in [0.05, 0.1) is 0 Å². The first-order valence-electron chi connectivity index (χ1n) is 6.93. The van der Waals surface area contributed by atoms with Crippen LogP contribution < -0.4 is 5.32 Å². The standard InChI is InChI=1S/C15H20N2O/c1-3-4-10(2)16-12-7-8-14-13(9-12)17-15(18-14)11-5-6-11/h7-11,16H,3-6H2,1-2H3. The van der Waals surface area contributed by atoms with Crippen molar-refractivity contribution in [3.8, 4) is 0 Å². The lowest BCUT2D eigenvalue weighted by molar-refractivity contribution is 0.533. The molecule has 0 bridgehead atoms. The molecular weight excluding hydrogens is 224 g/mol. The Morgan fingerprint density at radius 1 is 1.44 bits per heavy atom. The van der Waals surface area contributed by atoms with Crippen LogP contribution in [0.25, 0.3) is 11.1 Å². The Morgan fingerprint density at radius 2 is 2.28 bits per heavy atom. The van der Waals surface area contributed by atoms with E-state index >= 15 is 0 Å². The highest BCUT2D eigenvalue weighted by Gasteiger charge is 2.28. The van der Waals surface area contributed by atoms with E-state index in [2.05, 4.69) is 36.3 Å². The fourth-order valence-corrected chi connectivity index (χ4v) is 2.33. The zero-order chi connectivity index (χ0) is 12.5. The summed E-state index contributed by atoms with van der Waals surface area (Å²) >= 11 is 0. The fourth-order valence-electron chi connectivity index (χ4n) is 2.33. The summed E-state index contributed by atoms with van der Waals surface area (Å²) in [5, 5.41) is 3.51. The second-order valence-corrected chi connectivity index (χ2v) is 5.34. The average molecular weight is 244 g/mol. The van der Waals surface area contributed by atoms with Crippen LogP contribution in [0.4, 0.5) is 5.69 Å². The number of anilines is 1. The summed E-state index contributed by atoms with van der Waals surface area (Å²) in [5.41, 5.74) is 3.02. The molecule has 0 amide bonds. The number of nitrogens with zero attached hydrogens (tertiary/aromatic N) is 1. The van der Waals surface area contributed by atoms with Gasteiger partial charge in [0.25, 0.3) is 0 Å². The van der Waals surface area contributed by atoms with Crippen molar-refractivity contribution in [2.45, 2.75) is 51.5 Å². The number of oxazole rings is 1. The minimum Gasteiger partial charge on any atom is -0.440 e. The summed E-state index contributed by atoms with van der Waals surface area (Å²) in [6.07, 6.45) is 4.84. The van der Waals surface area contributed by atoms with Crippen molar-refractivity contribution in [2.24, 2.45) is 0 Å². The number of fused-ring (bicyclic) bond motifs is 1. The van der Waals surface area contributed by atoms with Crippen LogP contribution in [-0.4, -0.2) is 11.0 Å². The summed E-state index contributed by atoms with van der Waals surface area (Å²) in [6, 6.07) is 6.70. The second-order valence-electron chi connectivity index (χ2n) is 5.34. The molecule has 2 aromatic rings. The lowest BCUT2D eigenvalue weighted by atomic mass is 10.2. The van der Waals surface area contributed by atoms with Crippen LogP contribution in [0.2, 0.25) is 0 Å². The van der Waals surface area contributed by atoms with E-state index in [9.17, 15) is 0 Å². The van der Waals surface area contributed by atoms with Crippen molar-refractivity contribution in [3.63, 3.8) is 0 Å². The topological polar surface area (TPSA) is 38.1 Å². The normalized spacial score (nSPS) is 17.0. The van der Waals surface area contributed by atoms with Crippen LogP contribution in [0.3, 0.4) is 0 Å². The predicted octanol–water partition coefficient (Wildman–Crippen LogP) is 4.31. The Balaban J connectivity index is 1.81. The van der Waals surface area contributed by atoms with Crippen LogP contribution in [-0.2, 0) is 0 Å². The maximum Gasteiger partial charge on any atom is 0.198 e. The Labute approximate surface area is 108 Å². The molecule has 1 aromatic carbocycles. The van der Waals surface area contributed by atoms with E-state index in [0.717, 1.165) is 22.7 Å². The summed E-state index contributed by atoms with van der Waals surface area (Å²) in [6.45, 7) is 4.42. The number of rotatable bonds is 5. The molecule has 0 spiro atoms. The number of benzene rings is 1. The first kappa shape index (κ1) is 11.6. The lowest BCUT2D eigenvalue weighted by Crippen LogP contribution is -2.14. The van der Waals surface area contributed by atoms with Gasteiger partial charge >= 0.3 is 0 Å². The van der Waals surface area contributed by atoms with Crippen LogP contribution in [0.15, 0.2) is 22.6 Å². The molecule has 1 saturated carbocycles. The SMILES string of the molecule is CCCC(C)Nc1ccc2oc(C3CC3)nc2c1. The monoisotopic (exact) mass is 244 g/mol. The molecular formula is C15H20N2O. The molecule has 1 N–H and O–H groups in total. The molecule has 0 radical (unpaired) electrons. The van der Waals surface area contributed by atoms with Gasteiger partial charge in [-0.1, -0.05) is 13.3 Å². The summed E-state index contributed by atoms with van der Waals surface area (Å²) in [5.74, 6) is 1.50. The van der Waals surface area contributed by atoms with Crippen molar-refractivity contribution in [1.29, 1.82) is 0 Å². The van der Waals surface area contributed by atoms with Gasteiger partial charge in [0, 0.05) is 17.6 Å². The van der Waals surface area contributed by atoms with Crippen molar-refractivity contribution in [2.75, 3.05) is 5.32 Å². The molecule has 1 heterocycles. The predicted molar refractivity (Wildman–Crippen MR) is 74.0 cm³/mol. The number of nitrogens with one attached hydrogen (secondary N) is 1. The van der Waals surface area contributed by atoms with Gasteiger partial charge in [0.15, 0.2) is 11.5 Å². The third-order valence-corrected chi connectivity index (χ3v) is 3.47. The Hall–Kier alpha value is -1.51. The van der Waals surface area contributed by atoms with Crippen molar-refractivity contribution < 1.29 is 4.42 Å². The molecule has 1 aliphatic rings. The minimum absolute atomic E-state index is 0.502. The van der Waals surface area contributed by atoms with Gasteiger partial charge in [-0.3, -0.25) is 0 Å². The van der Waals surface area contributed by atoms with Crippen molar-refractivity contribution in [1.82, 2.24) is 4.98 Å². The molecule has 1 aromatic heterocycles. The highest BCUT2D eigenvalue weighted by Crippen LogP contribution is 2.40. The van der Waals surface area contributed by atoms with E-state index in [1.54, 1.807) is 0 Å². The Kier molecular flexibility index (Phi) is 2.98. The van der Waals surface area contributed by atoms with Gasteiger partial charge in [0.2, 0.25) is 0 Å². The van der Waals surface area contributed by atoms with E-state index in [-0.39, 0.29) is 0 Å². The van der Waals surface area contributed by atoms with Crippen molar-refractivity contribution in [3.05, 3.63) is 24.1 Å². The quantitative estimate of drug-likeness (QED) is 0.851. The zero-order valence-electron chi connectivity index (χ0n) is 11.1. The maximum atomic E-state index is 5.76. The molecule has 1 fully saturated rings. The van der Waals surface area contributed by atoms with Crippen LogP contribution in [0, 0.1) is 0 Å². The van der Waals surface area contributed by atoms with E-state index in [0.29, 0.717) is 12.0 Å². The molecule has 3 heteroatoms. The van der Waals surface area contributed by atoms with E-state index < -0.39 is 0 Å². The maximum absolute atomic E-state index is 5.76. The third kappa shape index (κ3) is 2.35. The number of aromatic nitrogens is 1. The molecule has 18 heavy (non-hydrogen) atoms. The van der Waals surface area contributed by atoms with Gasteiger partial charge in [-0.25, -0.2) is 4.98 Å². The Morgan fingerprint density at radius 3 is 3.00 bits per heavy atom. The van der Waals surface area contributed by atoms with E-state index in [1.165, 1.54) is 25.7 Å². The minimum atomic E-state index is 0.502. The molecule has 0 aliphatic heterocycles. The molecule has 1 aliphatic carbocycles. The Bertz CT molecular complexity index is 542. The largest absolute Gasteiger partial charge is 0.440 e. The summed E-state index contributed by atoms with van der Waals surface area (Å²) < 4.78 is 5.76. The summed E-state index contributed by atoms with van der Waals surface area (Å²) in [4.78, 5) is 4.58. The van der Waals surface area contributed by atoms with Gasteiger partial charge in [-0.15, -0.1) is 0 Å². The third-order valence-electron chi connectivity index (χ3n) is 3.47. The molecule has 0 saturated heterocycles. The first-order chi connectivity index (χ1) is 8.76. The van der Waals surface area contributed by atoms with Gasteiger partial charge in [-0.05, 0) is 44.4 Å².